The molecule has 1 aliphatic heterocycles. The molecule has 2 aliphatic rings. The third-order valence-electron chi connectivity index (χ3n) is 5.48. The predicted molar refractivity (Wildman–Crippen MR) is 107 cm³/mol. The average molecular weight is 390 g/mol. The van der Waals surface area contributed by atoms with Crippen molar-refractivity contribution in [3.8, 4) is 0 Å². The Balaban J connectivity index is 1.34. The number of hydrogen-bond acceptors (Lipinski definition) is 6. The van der Waals surface area contributed by atoms with Crippen LogP contribution in [0, 0.1) is 0 Å². The highest BCUT2D eigenvalue weighted by Crippen LogP contribution is 2.33. The fourth-order valence-corrected chi connectivity index (χ4v) is 5.16. The number of aromatic nitrogens is 2. The van der Waals surface area contributed by atoms with Crippen LogP contribution in [0.3, 0.4) is 0 Å². The molecule has 1 saturated heterocycles. The van der Waals surface area contributed by atoms with Crippen LogP contribution in [-0.4, -0.2) is 59.6 Å². The van der Waals surface area contributed by atoms with Gasteiger partial charge in [-0.15, -0.1) is 11.3 Å². The van der Waals surface area contributed by atoms with Gasteiger partial charge in [0.2, 0.25) is 5.91 Å². The summed E-state index contributed by atoms with van der Waals surface area (Å²) in [5, 5.41) is 7.08. The fourth-order valence-electron chi connectivity index (χ4n) is 3.94. The Hall–Kier alpha value is -1.77. The van der Waals surface area contributed by atoms with E-state index in [0.29, 0.717) is 19.5 Å². The van der Waals surface area contributed by atoms with E-state index in [4.69, 9.17) is 0 Å². The zero-order valence-electron chi connectivity index (χ0n) is 15.6. The van der Waals surface area contributed by atoms with Gasteiger partial charge in [-0.3, -0.25) is 19.1 Å². The molecule has 1 fully saturated rings. The maximum Gasteiger partial charge on any atom is 0.262 e. The second kappa shape index (κ2) is 8.50. The molecular weight excluding hydrogens is 362 g/mol. The molecular formula is C19H27N5O2S. The van der Waals surface area contributed by atoms with Crippen molar-refractivity contribution in [1.29, 1.82) is 0 Å². The summed E-state index contributed by atoms with van der Waals surface area (Å²) in [6.45, 7) is 6.00. The quantitative estimate of drug-likeness (QED) is 0.762. The molecule has 4 rings (SSSR count). The van der Waals surface area contributed by atoms with E-state index in [0.717, 1.165) is 62.2 Å². The molecule has 146 valence electrons. The van der Waals surface area contributed by atoms with Crippen molar-refractivity contribution in [3.05, 3.63) is 27.1 Å². The topological polar surface area (TPSA) is 79.3 Å². The van der Waals surface area contributed by atoms with Gasteiger partial charge in [-0.05, 0) is 31.2 Å². The molecule has 0 bridgehead atoms. The molecule has 0 unspecified atom stereocenters. The van der Waals surface area contributed by atoms with E-state index < -0.39 is 0 Å². The molecule has 7 nitrogen and oxygen atoms in total. The van der Waals surface area contributed by atoms with E-state index in [2.05, 4.69) is 20.5 Å². The van der Waals surface area contributed by atoms with Crippen molar-refractivity contribution in [3.63, 3.8) is 0 Å². The Morgan fingerprint density at radius 2 is 2.04 bits per heavy atom. The largest absolute Gasteiger partial charge is 0.355 e. The molecule has 0 spiro atoms. The molecule has 0 atom stereocenters. The maximum absolute atomic E-state index is 12.9. The van der Waals surface area contributed by atoms with Gasteiger partial charge < -0.3 is 10.6 Å². The number of nitrogens with one attached hydrogen (secondary N) is 2. The van der Waals surface area contributed by atoms with Crippen molar-refractivity contribution < 1.29 is 4.79 Å². The molecule has 2 aromatic rings. The second-order valence-corrected chi connectivity index (χ2v) is 8.41. The summed E-state index contributed by atoms with van der Waals surface area (Å²) in [6.07, 6.45) is 6.28. The highest BCUT2D eigenvalue weighted by atomic mass is 32.1. The zero-order chi connectivity index (χ0) is 18.6. The summed E-state index contributed by atoms with van der Waals surface area (Å²) in [6, 6.07) is 0. The van der Waals surface area contributed by atoms with Gasteiger partial charge >= 0.3 is 0 Å². The van der Waals surface area contributed by atoms with Crippen molar-refractivity contribution in [1.82, 2.24) is 25.1 Å². The van der Waals surface area contributed by atoms with Crippen LogP contribution in [-0.2, 0) is 24.2 Å². The van der Waals surface area contributed by atoms with Crippen molar-refractivity contribution in [2.75, 3.05) is 39.3 Å². The van der Waals surface area contributed by atoms with Crippen LogP contribution in [0.4, 0.5) is 0 Å². The molecule has 1 aliphatic carbocycles. The van der Waals surface area contributed by atoms with Crippen molar-refractivity contribution >= 4 is 27.5 Å². The molecule has 2 aromatic heterocycles. The van der Waals surface area contributed by atoms with Crippen LogP contribution in [0.1, 0.15) is 29.7 Å². The second-order valence-electron chi connectivity index (χ2n) is 7.33. The number of nitrogens with zero attached hydrogens (tertiary/aromatic N) is 3. The maximum atomic E-state index is 12.9. The zero-order valence-corrected chi connectivity index (χ0v) is 16.4. The monoisotopic (exact) mass is 389 g/mol. The Bertz CT molecular complexity index is 869. The summed E-state index contributed by atoms with van der Waals surface area (Å²) in [7, 11) is 0. The molecule has 0 aromatic carbocycles. The van der Waals surface area contributed by atoms with Crippen LogP contribution in [0.25, 0.3) is 10.2 Å². The number of aryl methyl sites for hydroxylation is 3. The Labute approximate surface area is 162 Å². The third-order valence-corrected chi connectivity index (χ3v) is 6.68. The number of thiophene rings is 1. The number of amides is 1. The summed E-state index contributed by atoms with van der Waals surface area (Å²) in [4.78, 5) is 34.0. The first kappa shape index (κ1) is 18.6. The summed E-state index contributed by atoms with van der Waals surface area (Å²) in [5.74, 6) is -0.00974. The highest BCUT2D eigenvalue weighted by Gasteiger charge is 2.20. The molecule has 27 heavy (non-hydrogen) atoms. The van der Waals surface area contributed by atoms with E-state index in [9.17, 15) is 9.59 Å². The van der Waals surface area contributed by atoms with Crippen molar-refractivity contribution in [2.45, 2.75) is 38.6 Å². The van der Waals surface area contributed by atoms with Gasteiger partial charge in [0.05, 0.1) is 11.7 Å². The summed E-state index contributed by atoms with van der Waals surface area (Å²) >= 11 is 1.66. The standard InChI is InChI=1S/C19H27N5O2S/c25-16(21-8-12-23-10-6-20-7-11-23)5-9-24-13-22-18-17(19(24)26)14-3-1-2-4-15(14)27-18/h13,20H,1-12H2,(H,21,25). The lowest BCUT2D eigenvalue weighted by Crippen LogP contribution is -2.46. The normalized spacial score (nSPS) is 17.8. The smallest absolute Gasteiger partial charge is 0.262 e. The fraction of sp³-hybridized carbons (Fsp3) is 0.632. The third kappa shape index (κ3) is 4.23. The number of fused-ring (bicyclic) bond motifs is 3. The first-order chi connectivity index (χ1) is 13.2. The molecule has 1 amide bonds. The van der Waals surface area contributed by atoms with Gasteiger partial charge in [0, 0.05) is 57.1 Å². The Morgan fingerprint density at radius 1 is 1.22 bits per heavy atom. The number of hydrogen-bond donors (Lipinski definition) is 2. The van der Waals surface area contributed by atoms with Crippen LogP contribution in [0.5, 0.6) is 0 Å². The van der Waals surface area contributed by atoms with Crippen molar-refractivity contribution in [2.24, 2.45) is 0 Å². The summed E-state index contributed by atoms with van der Waals surface area (Å²) in [5.41, 5.74) is 1.21. The molecule has 8 heteroatoms. The lowest BCUT2D eigenvalue weighted by molar-refractivity contribution is -0.121. The molecule has 0 radical (unpaired) electrons. The minimum atomic E-state index is -0.00974. The first-order valence-electron chi connectivity index (χ1n) is 9.92. The lowest BCUT2D eigenvalue weighted by atomic mass is 9.97. The van der Waals surface area contributed by atoms with Crippen LogP contribution < -0.4 is 16.2 Å². The minimum absolute atomic E-state index is 0.00742. The minimum Gasteiger partial charge on any atom is -0.355 e. The number of rotatable bonds is 6. The SMILES string of the molecule is O=C(CCn1cnc2sc3c(c2c1=O)CCCC3)NCCN1CCNCC1. The van der Waals surface area contributed by atoms with E-state index in [-0.39, 0.29) is 11.5 Å². The average Bonchev–Trinajstić information content (AvgIpc) is 3.07. The first-order valence-corrected chi connectivity index (χ1v) is 10.7. The molecule has 2 N–H and O–H groups in total. The van der Waals surface area contributed by atoms with E-state index in [1.165, 1.54) is 16.9 Å². The van der Waals surface area contributed by atoms with Crippen LogP contribution >= 0.6 is 11.3 Å². The molecule has 0 saturated carbocycles. The highest BCUT2D eigenvalue weighted by molar-refractivity contribution is 7.18. The van der Waals surface area contributed by atoms with Gasteiger partial charge in [0.1, 0.15) is 4.83 Å². The predicted octanol–water partition coefficient (Wildman–Crippen LogP) is 0.748. The van der Waals surface area contributed by atoms with Gasteiger partial charge in [-0.2, -0.15) is 0 Å². The Kier molecular flexibility index (Phi) is 5.85. The number of carbonyl (C=O) groups is 1. The lowest BCUT2D eigenvalue weighted by Gasteiger charge is -2.27. The van der Waals surface area contributed by atoms with E-state index in [1.807, 2.05) is 0 Å². The van der Waals surface area contributed by atoms with Gasteiger partial charge in [-0.25, -0.2) is 4.98 Å². The number of piperazine rings is 1. The molecule has 3 heterocycles. The van der Waals surface area contributed by atoms with Gasteiger partial charge in [-0.1, -0.05) is 0 Å². The van der Waals surface area contributed by atoms with Crippen LogP contribution in [0.15, 0.2) is 11.1 Å². The van der Waals surface area contributed by atoms with Gasteiger partial charge in [0.25, 0.3) is 5.56 Å². The van der Waals surface area contributed by atoms with Gasteiger partial charge in [0.15, 0.2) is 0 Å². The van der Waals surface area contributed by atoms with Crippen LogP contribution in [0.2, 0.25) is 0 Å². The van der Waals surface area contributed by atoms with E-state index in [1.54, 1.807) is 22.2 Å². The summed E-state index contributed by atoms with van der Waals surface area (Å²) < 4.78 is 1.60. The Morgan fingerprint density at radius 3 is 2.89 bits per heavy atom. The van der Waals surface area contributed by atoms with E-state index >= 15 is 0 Å². The number of carbonyl (C=O) groups excluding carboxylic acids is 1.